The van der Waals surface area contributed by atoms with E-state index in [9.17, 15) is 9.59 Å². The molecule has 0 radical (unpaired) electrons. The molecular formula is C12H18O3. The van der Waals surface area contributed by atoms with Crippen molar-refractivity contribution in [3.8, 4) is 0 Å². The van der Waals surface area contributed by atoms with E-state index in [2.05, 4.69) is 24.7 Å². The minimum atomic E-state index is -0.388. The Morgan fingerprint density at radius 3 is 2.67 bits per heavy atom. The van der Waals surface area contributed by atoms with E-state index in [-0.39, 0.29) is 24.3 Å². The molecular weight excluding hydrogens is 192 g/mol. The summed E-state index contributed by atoms with van der Waals surface area (Å²) in [6, 6.07) is 0. The van der Waals surface area contributed by atoms with Crippen LogP contribution in [-0.4, -0.2) is 11.9 Å². The summed E-state index contributed by atoms with van der Waals surface area (Å²) in [6.07, 6.45) is 7.12. The molecule has 0 amide bonds. The van der Waals surface area contributed by atoms with Gasteiger partial charge in [-0.1, -0.05) is 26.0 Å². The molecule has 1 atom stereocenters. The Kier molecular flexibility index (Phi) is 4.53. The van der Waals surface area contributed by atoms with Crippen molar-refractivity contribution in [1.82, 2.24) is 0 Å². The monoisotopic (exact) mass is 210 g/mol. The second-order valence-corrected chi connectivity index (χ2v) is 4.37. The van der Waals surface area contributed by atoms with Crippen LogP contribution in [0.4, 0.5) is 0 Å². The number of esters is 2. The Hall–Kier alpha value is -1.12. The van der Waals surface area contributed by atoms with Gasteiger partial charge in [0.15, 0.2) is 0 Å². The van der Waals surface area contributed by atoms with E-state index in [1.807, 2.05) is 6.08 Å². The van der Waals surface area contributed by atoms with Crippen LogP contribution in [0.3, 0.4) is 0 Å². The highest BCUT2D eigenvalue weighted by Gasteiger charge is 2.31. The van der Waals surface area contributed by atoms with Crippen molar-refractivity contribution in [2.24, 2.45) is 11.8 Å². The highest BCUT2D eigenvalue weighted by atomic mass is 16.6. The molecule has 0 bridgehead atoms. The number of carbonyl (C=O) groups is 2. The standard InChI is InChI=1S/C12H18O3/c1-9(2)6-4-3-5-7-10-8-11(13)15-12(10)14/h3,5,9-10H,4,6-8H2,1-2H3. The van der Waals surface area contributed by atoms with Crippen LogP contribution in [-0.2, 0) is 14.3 Å². The van der Waals surface area contributed by atoms with Crippen molar-refractivity contribution in [3.05, 3.63) is 12.2 Å². The normalized spacial score (nSPS) is 21.7. The van der Waals surface area contributed by atoms with Crippen molar-refractivity contribution in [3.63, 3.8) is 0 Å². The first-order chi connectivity index (χ1) is 7.09. The van der Waals surface area contributed by atoms with Crippen LogP contribution in [0, 0.1) is 11.8 Å². The maximum Gasteiger partial charge on any atom is 0.317 e. The number of allylic oxidation sites excluding steroid dienone is 2. The first-order valence-electron chi connectivity index (χ1n) is 5.49. The van der Waals surface area contributed by atoms with Gasteiger partial charge in [0.2, 0.25) is 0 Å². The molecule has 1 unspecified atom stereocenters. The predicted molar refractivity (Wildman–Crippen MR) is 57.0 cm³/mol. The van der Waals surface area contributed by atoms with Gasteiger partial charge in [0.25, 0.3) is 0 Å². The Bertz CT molecular complexity index is 266. The van der Waals surface area contributed by atoms with Gasteiger partial charge in [-0.2, -0.15) is 0 Å². The van der Waals surface area contributed by atoms with Gasteiger partial charge in [0.1, 0.15) is 0 Å². The molecule has 0 aromatic carbocycles. The summed E-state index contributed by atoms with van der Waals surface area (Å²) in [7, 11) is 0. The van der Waals surface area contributed by atoms with Crippen LogP contribution in [0.1, 0.15) is 39.5 Å². The molecule has 1 fully saturated rings. The molecule has 0 aromatic heterocycles. The van der Waals surface area contributed by atoms with E-state index in [0.29, 0.717) is 12.3 Å². The van der Waals surface area contributed by atoms with Gasteiger partial charge in [-0.05, 0) is 25.2 Å². The highest BCUT2D eigenvalue weighted by Crippen LogP contribution is 2.19. The molecule has 1 saturated heterocycles. The number of hydrogen-bond acceptors (Lipinski definition) is 3. The largest absolute Gasteiger partial charge is 0.393 e. The fraction of sp³-hybridized carbons (Fsp3) is 0.667. The molecule has 3 nitrogen and oxygen atoms in total. The first kappa shape index (κ1) is 12.0. The second-order valence-electron chi connectivity index (χ2n) is 4.37. The molecule has 84 valence electrons. The lowest BCUT2D eigenvalue weighted by Gasteiger charge is -2.00. The van der Waals surface area contributed by atoms with Crippen LogP contribution < -0.4 is 0 Å². The summed E-state index contributed by atoms with van der Waals surface area (Å²) < 4.78 is 4.46. The molecule has 0 aliphatic carbocycles. The van der Waals surface area contributed by atoms with Crippen LogP contribution in [0.5, 0.6) is 0 Å². The zero-order valence-corrected chi connectivity index (χ0v) is 9.36. The van der Waals surface area contributed by atoms with E-state index in [0.717, 1.165) is 12.8 Å². The van der Waals surface area contributed by atoms with Gasteiger partial charge in [0.05, 0.1) is 12.3 Å². The molecule has 1 rings (SSSR count). The summed E-state index contributed by atoms with van der Waals surface area (Å²) in [5.74, 6) is -0.297. The molecule has 0 spiro atoms. The molecule has 0 aromatic rings. The SMILES string of the molecule is CC(C)CCC=CCC1CC(=O)OC1=O. The second kappa shape index (κ2) is 5.69. The molecule has 1 aliphatic rings. The molecule has 1 heterocycles. The molecule has 15 heavy (non-hydrogen) atoms. The third-order valence-electron chi connectivity index (χ3n) is 2.46. The van der Waals surface area contributed by atoms with Crippen molar-refractivity contribution in [2.45, 2.75) is 39.5 Å². The molecule has 0 N–H and O–H groups in total. The third kappa shape index (κ3) is 4.28. The number of carbonyl (C=O) groups excluding carboxylic acids is 2. The fourth-order valence-electron chi connectivity index (χ4n) is 1.51. The molecule has 3 heteroatoms. The van der Waals surface area contributed by atoms with Gasteiger partial charge in [-0.25, -0.2) is 0 Å². The summed E-state index contributed by atoms with van der Waals surface area (Å²) in [6.45, 7) is 4.36. The van der Waals surface area contributed by atoms with Crippen LogP contribution >= 0.6 is 0 Å². The average molecular weight is 210 g/mol. The number of ether oxygens (including phenoxy) is 1. The van der Waals surface area contributed by atoms with Crippen LogP contribution in [0.15, 0.2) is 12.2 Å². The van der Waals surface area contributed by atoms with Crippen molar-refractivity contribution >= 4 is 11.9 Å². The van der Waals surface area contributed by atoms with Crippen LogP contribution in [0.25, 0.3) is 0 Å². The number of hydrogen-bond donors (Lipinski definition) is 0. The smallest absolute Gasteiger partial charge is 0.317 e. The Balaban J connectivity index is 2.19. The Morgan fingerprint density at radius 1 is 1.40 bits per heavy atom. The molecule has 1 aliphatic heterocycles. The van der Waals surface area contributed by atoms with E-state index in [1.165, 1.54) is 0 Å². The maximum atomic E-state index is 11.1. The summed E-state index contributed by atoms with van der Waals surface area (Å²) in [5, 5.41) is 0. The predicted octanol–water partition coefficient (Wildman–Crippen LogP) is 2.46. The van der Waals surface area contributed by atoms with E-state index in [4.69, 9.17) is 0 Å². The van der Waals surface area contributed by atoms with E-state index in [1.54, 1.807) is 0 Å². The first-order valence-corrected chi connectivity index (χ1v) is 5.49. The van der Waals surface area contributed by atoms with Crippen molar-refractivity contribution in [2.75, 3.05) is 0 Å². The summed E-state index contributed by atoms with van der Waals surface area (Å²) >= 11 is 0. The van der Waals surface area contributed by atoms with E-state index >= 15 is 0 Å². The number of cyclic esters (lactones) is 2. The zero-order chi connectivity index (χ0) is 11.3. The lowest BCUT2D eigenvalue weighted by molar-refractivity contribution is -0.153. The zero-order valence-electron chi connectivity index (χ0n) is 9.36. The Morgan fingerprint density at radius 2 is 2.13 bits per heavy atom. The minimum absolute atomic E-state index is 0.243. The van der Waals surface area contributed by atoms with Gasteiger partial charge in [-0.15, -0.1) is 0 Å². The van der Waals surface area contributed by atoms with Gasteiger partial charge in [-0.3, -0.25) is 9.59 Å². The lowest BCUT2D eigenvalue weighted by atomic mass is 10.0. The third-order valence-corrected chi connectivity index (χ3v) is 2.46. The number of rotatable bonds is 5. The minimum Gasteiger partial charge on any atom is -0.393 e. The highest BCUT2D eigenvalue weighted by molar-refractivity contribution is 5.94. The fourth-order valence-corrected chi connectivity index (χ4v) is 1.51. The van der Waals surface area contributed by atoms with Gasteiger partial charge < -0.3 is 4.74 Å². The molecule has 0 saturated carbocycles. The van der Waals surface area contributed by atoms with Crippen molar-refractivity contribution < 1.29 is 14.3 Å². The summed E-state index contributed by atoms with van der Waals surface area (Å²) in [5.41, 5.74) is 0. The van der Waals surface area contributed by atoms with Crippen molar-refractivity contribution in [1.29, 1.82) is 0 Å². The average Bonchev–Trinajstić information content (AvgIpc) is 2.44. The van der Waals surface area contributed by atoms with E-state index < -0.39 is 0 Å². The maximum absolute atomic E-state index is 11.1. The quantitative estimate of drug-likeness (QED) is 0.397. The van der Waals surface area contributed by atoms with Gasteiger partial charge in [0, 0.05) is 0 Å². The van der Waals surface area contributed by atoms with Crippen LogP contribution in [0.2, 0.25) is 0 Å². The Labute approximate surface area is 90.5 Å². The summed E-state index contributed by atoms with van der Waals surface area (Å²) in [4.78, 5) is 21.9. The lowest BCUT2D eigenvalue weighted by Crippen LogP contribution is -2.05. The topological polar surface area (TPSA) is 43.4 Å². The van der Waals surface area contributed by atoms with Gasteiger partial charge >= 0.3 is 11.9 Å².